The second kappa shape index (κ2) is 9.90. The van der Waals surface area contributed by atoms with Crippen molar-refractivity contribution in [1.82, 2.24) is 5.32 Å². The largest absolute Gasteiger partial charge is 0.489 e. The molecule has 5 heteroatoms. The third kappa shape index (κ3) is 5.65. The molecular weight excluding hydrogens is 385 g/mol. The molecule has 0 heterocycles. The highest BCUT2D eigenvalue weighted by atomic mass is 79.9. The minimum Gasteiger partial charge on any atom is -0.489 e. The predicted octanol–water partition coefficient (Wildman–Crippen LogP) is 5.38. The van der Waals surface area contributed by atoms with E-state index in [-0.39, 0.29) is 12.4 Å². The maximum absolute atomic E-state index is 6.15. The highest BCUT2D eigenvalue weighted by molar-refractivity contribution is 9.10. The molecule has 0 saturated carbocycles. The van der Waals surface area contributed by atoms with Gasteiger partial charge in [-0.25, -0.2) is 0 Å². The van der Waals surface area contributed by atoms with Crippen LogP contribution in [0.3, 0.4) is 0 Å². The molecule has 0 aliphatic rings. The summed E-state index contributed by atoms with van der Waals surface area (Å²) in [5.74, 6) is 0.856. The standard InChI is InChI=1S/C17H17BrClNO.ClH/c1-2-9-20-11-14-10-15(18)7-8-17(14)21-12-13-5-3-4-6-16(13)19;/h2-8,10,20H,1,9,11-12H2;1H. The van der Waals surface area contributed by atoms with Gasteiger partial charge in [0.15, 0.2) is 0 Å². The van der Waals surface area contributed by atoms with Crippen LogP contribution >= 0.6 is 39.9 Å². The van der Waals surface area contributed by atoms with Crippen molar-refractivity contribution in [2.24, 2.45) is 0 Å². The number of halogens is 3. The number of benzene rings is 2. The van der Waals surface area contributed by atoms with E-state index in [4.69, 9.17) is 16.3 Å². The molecule has 22 heavy (non-hydrogen) atoms. The summed E-state index contributed by atoms with van der Waals surface area (Å²) in [7, 11) is 0. The monoisotopic (exact) mass is 401 g/mol. The van der Waals surface area contributed by atoms with Gasteiger partial charge in [0.2, 0.25) is 0 Å². The van der Waals surface area contributed by atoms with Gasteiger partial charge < -0.3 is 10.1 Å². The Hall–Kier alpha value is -1.000. The average Bonchev–Trinajstić information content (AvgIpc) is 2.48. The van der Waals surface area contributed by atoms with Crippen LogP contribution in [-0.2, 0) is 13.2 Å². The molecule has 2 aromatic rings. The Labute approximate surface area is 151 Å². The molecule has 0 spiro atoms. The minimum atomic E-state index is 0. The zero-order valence-corrected chi connectivity index (χ0v) is 15.2. The van der Waals surface area contributed by atoms with Crippen molar-refractivity contribution in [1.29, 1.82) is 0 Å². The second-order valence-electron chi connectivity index (χ2n) is 4.55. The van der Waals surface area contributed by atoms with E-state index < -0.39 is 0 Å². The number of hydrogen-bond acceptors (Lipinski definition) is 2. The van der Waals surface area contributed by atoms with E-state index in [9.17, 15) is 0 Å². The maximum Gasteiger partial charge on any atom is 0.124 e. The summed E-state index contributed by atoms with van der Waals surface area (Å²) >= 11 is 9.64. The molecule has 0 amide bonds. The van der Waals surface area contributed by atoms with Gasteiger partial charge in [0.25, 0.3) is 0 Å². The quantitative estimate of drug-likeness (QED) is 0.495. The first-order valence-corrected chi connectivity index (χ1v) is 7.84. The molecule has 2 nitrogen and oxygen atoms in total. The fraction of sp³-hybridized carbons (Fsp3) is 0.176. The van der Waals surface area contributed by atoms with Crippen molar-refractivity contribution >= 4 is 39.9 Å². The van der Waals surface area contributed by atoms with Gasteiger partial charge in [0.1, 0.15) is 12.4 Å². The van der Waals surface area contributed by atoms with Crippen LogP contribution in [0.25, 0.3) is 0 Å². The van der Waals surface area contributed by atoms with Crippen LogP contribution < -0.4 is 10.1 Å². The van der Waals surface area contributed by atoms with Gasteiger partial charge in [-0.3, -0.25) is 0 Å². The van der Waals surface area contributed by atoms with Gasteiger partial charge in [-0.1, -0.05) is 51.8 Å². The Morgan fingerprint density at radius 3 is 2.68 bits per heavy atom. The van der Waals surface area contributed by atoms with Gasteiger partial charge >= 0.3 is 0 Å². The Balaban J connectivity index is 0.00000242. The normalized spacial score (nSPS) is 9.91. The third-order valence-electron chi connectivity index (χ3n) is 2.97. The Bertz CT molecular complexity index is 619. The molecule has 1 N–H and O–H groups in total. The molecule has 0 radical (unpaired) electrons. The van der Waals surface area contributed by atoms with Crippen LogP contribution in [0.4, 0.5) is 0 Å². The summed E-state index contributed by atoms with van der Waals surface area (Å²) in [4.78, 5) is 0. The molecular formula is C17H18BrCl2NO. The van der Waals surface area contributed by atoms with Crippen molar-refractivity contribution in [3.8, 4) is 5.75 Å². The molecule has 0 atom stereocenters. The van der Waals surface area contributed by atoms with Gasteiger partial charge in [0, 0.05) is 33.7 Å². The topological polar surface area (TPSA) is 21.3 Å². The summed E-state index contributed by atoms with van der Waals surface area (Å²) < 4.78 is 6.95. The lowest BCUT2D eigenvalue weighted by atomic mass is 10.2. The number of ether oxygens (including phenoxy) is 1. The Morgan fingerprint density at radius 2 is 1.95 bits per heavy atom. The second-order valence-corrected chi connectivity index (χ2v) is 5.87. The first-order chi connectivity index (χ1) is 10.2. The van der Waals surface area contributed by atoms with E-state index in [1.807, 2.05) is 42.5 Å². The summed E-state index contributed by atoms with van der Waals surface area (Å²) in [6.07, 6.45) is 1.84. The van der Waals surface area contributed by atoms with Crippen LogP contribution in [0.1, 0.15) is 11.1 Å². The highest BCUT2D eigenvalue weighted by Crippen LogP contribution is 2.25. The first kappa shape index (κ1) is 19.0. The third-order valence-corrected chi connectivity index (χ3v) is 3.83. The summed E-state index contributed by atoms with van der Waals surface area (Å²) in [6, 6.07) is 13.7. The van der Waals surface area contributed by atoms with E-state index in [1.165, 1.54) is 0 Å². The van der Waals surface area contributed by atoms with Crippen LogP contribution in [0.2, 0.25) is 5.02 Å². The average molecular weight is 403 g/mol. The van der Waals surface area contributed by atoms with E-state index in [1.54, 1.807) is 0 Å². The van der Waals surface area contributed by atoms with Crippen LogP contribution in [0, 0.1) is 0 Å². The molecule has 2 aromatic carbocycles. The smallest absolute Gasteiger partial charge is 0.124 e. The SMILES string of the molecule is C=CCNCc1cc(Br)ccc1OCc1ccccc1Cl.Cl. The van der Waals surface area contributed by atoms with Crippen molar-refractivity contribution in [3.63, 3.8) is 0 Å². The molecule has 2 rings (SSSR count). The highest BCUT2D eigenvalue weighted by Gasteiger charge is 2.06. The lowest BCUT2D eigenvalue weighted by Gasteiger charge is -2.13. The Kier molecular flexibility index (Phi) is 8.57. The number of hydrogen-bond donors (Lipinski definition) is 1. The molecule has 0 saturated heterocycles. The number of nitrogens with one attached hydrogen (secondary N) is 1. The van der Waals surface area contributed by atoms with Gasteiger partial charge in [0.05, 0.1) is 0 Å². The maximum atomic E-state index is 6.15. The molecule has 118 valence electrons. The lowest BCUT2D eigenvalue weighted by molar-refractivity contribution is 0.302. The van der Waals surface area contributed by atoms with Crippen molar-refractivity contribution < 1.29 is 4.74 Å². The van der Waals surface area contributed by atoms with Crippen LogP contribution in [0.15, 0.2) is 59.6 Å². The molecule has 0 aliphatic carbocycles. The number of rotatable bonds is 7. The molecule has 0 aromatic heterocycles. The summed E-state index contributed by atoms with van der Waals surface area (Å²) in [5.41, 5.74) is 2.07. The van der Waals surface area contributed by atoms with Gasteiger partial charge in [-0.15, -0.1) is 19.0 Å². The summed E-state index contributed by atoms with van der Waals surface area (Å²) in [6.45, 7) is 5.64. The molecule has 0 fully saturated rings. The van der Waals surface area contributed by atoms with Gasteiger partial charge in [-0.05, 0) is 24.3 Å². The van der Waals surface area contributed by atoms with E-state index >= 15 is 0 Å². The first-order valence-electron chi connectivity index (χ1n) is 6.67. The zero-order chi connectivity index (χ0) is 15.1. The lowest BCUT2D eigenvalue weighted by Crippen LogP contribution is -2.13. The van der Waals surface area contributed by atoms with E-state index in [0.29, 0.717) is 6.61 Å². The molecule has 0 unspecified atom stereocenters. The Morgan fingerprint density at radius 1 is 1.18 bits per heavy atom. The zero-order valence-electron chi connectivity index (χ0n) is 12.0. The van der Waals surface area contributed by atoms with Crippen molar-refractivity contribution in [3.05, 3.63) is 75.7 Å². The van der Waals surface area contributed by atoms with Crippen molar-refractivity contribution in [2.75, 3.05) is 6.54 Å². The predicted molar refractivity (Wildman–Crippen MR) is 99.1 cm³/mol. The van der Waals surface area contributed by atoms with Crippen LogP contribution in [0.5, 0.6) is 5.75 Å². The minimum absolute atomic E-state index is 0. The van der Waals surface area contributed by atoms with Crippen molar-refractivity contribution in [2.45, 2.75) is 13.2 Å². The molecule has 0 aliphatic heterocycles. The van der Waals surface area contributed by atoms with Gasteiger partial charge in [-0.2, -0.15) is 0 Å². The van der Waals surface area contributed by atoms with E-state index in [0.717, 1.165) is 39.5 Å². The fourth-order valence-electron chi connectivity index (χ4n) is 1.91. The fourth-order valence-corrected chi connectivity index (χ4v) is 2.51. The van der Waals surface area contributed by atoms with E-state index in [2.05, 4.69) is 33.9 Å². The summed E-state index contributed by atoms with van der Waals surface area (Å²) in [5, 5.41) is 4.01. The van der Waals surface area contributed by atoms with Crippen LogP contribution in [-0.4, -0.2) is 6.54 Å². The molecule has 0 bridgehead atoms.